The number of piperidine rings is 3. The van der Waals surface area contributed by atoms with Crippen LogP contribution in [0, 0.1) is 11.8 Å². The van der Waals surface area contributed by atoms with Gasteiger partial charge in [0.25, 0.3) is 0 Å². The first-order valence-electron chi connectivity index (χ1n) is 10.1. The summed E-state index contributed by atoms with van der Waals surface area (Å²) in [5.41, 5.74) is 0. The van der Waals surface area contributed by atoms with Crippen LogP contribution in [0.4, 0.5) is 0 Å². The van der Waals surface area contributed by atoms with Crippen LogP contribution in [0.5, 0.6) is 0 Å². The Morgan fingerprint density at radius 1 is 1.15 bits per heavy atom. The summed E-state index contributed by atoms with van der Waals surface area (Å²) >= 11 is 0. The first-order chi connectivity index (χ1) is 12.6. The lowest BCUT2D eigenvalue weighted by molar-refractivity contribution is -0.141. The Morgan fingerprint density at radius 3 is 2.69 bits per heavy atom. The van der Waals surface area contributed by atoms with E-state index in [0.717, 1.165) is 19.6 Å². The number of nitrogens with zero attached hydrogens (tertiary/aromatic N) is 6. The molecule has 0 aromatic carbocycles. The fourth-order valence-electron chi connectivity index (χ4n) is 5.46. The van der Waals surface area contributed by atoms with Gasteiger partial charge in [0.2, 0.25) is 5.91 Å². The van der Waals surface area contributed by atoms with E-state index in [-0.39, 0.29) is 0 Å². The van der Waals surface area contributed by atoms with E-state index in [1.165, 1.54) is 32.2 Å². The van der Waals surface area contributed by atoms with Gasteiger partial charge in [-0.05, 0) is 51.7 Å². The number of carbonyl (C=O) groups excluding carboxylic acids is 1. The minimum atomic E-state index is 0.293. The zero-order valence-corrected chi connectivity index (χ0v) is 16.1. The van der Waals surface area contributed by atoms with Crippen LogP contribution in [-0.4, -0.2) is 87.7 Å². The van der Waals surface area contributed by atoms with Crippen molar-refractivity contribution in [2.45, 2.75) is 50.7 Å². The van der Waals surface area contributed by atoms with Crippen molar-refractivity contribution in [3.05, 3.63) is 12.7 Å². The number of aryl methyl sites for hydroxylation is 1. The van der Waals surface area contributed by atoms with Gasteiger partial charge < -0.3 is 14.4 Å². The molecule has 3 aliphatic heterocycles. The molecule has 2 bridgehead atoms. The van der Waals surface area contributed by atoms with Crippen LogP contribution in [0.2, 0.25) is 0 Å². The van der Waals surface area contributed by atoms with Crippen molar-refractivity contribution < 1.29 is 4.79 Å². The van der Waals surface area contributed by atoms with E-state index in [2.05, 4.69) is 39.0 Å². The molecule has 0 aliphatic carbocycles. The predicted octanol–water partition coefficient (Wildman–Crippen LogP) is 0.931. The van der Waals surface area contributed by atoms with Gasteiger partial charge in [-0.2, -0.15) is 0 Å². The van der Waals surface area contributed by atoms with Gasteiger partial charge in [0.05, 0.1) is 0 Å². The van der Waals surface area contributed by atoms with Gasteiger partial charge in [-0.25, -0.2) is 0 Å². The van der Waals surface area contributed by atoms with E-state index in [0.29, 0.717) is 42.8 Å². The standard InChI is InChI=1S/C19H32N6O/c1-22(2)12-18-16-9-15(17-5-3-4-7-25(17)18)10-24(11-16)19(26)6-8-23-13-20-21-14-23/h13-18H,3-12H2,1-2H3/t15-,16+,17+,18+/m1/s1. The monoisotopic (exact) mass is 360 g/mol. The summed E-state index contributed by atoms with van der Waals surface area (Å²) in [7, 11) is 4.35. The maximum atomic E-state index is 12.9. The van der Waals surface area contributed by atoms with Crippen LogP contribution in [0.25, 0.3) is 0 Å². The lowest BCUT2D eigenvalue weighted by Crippen LogP contribution is -2.65. The molecule has 0 unspecified atom stereocenters. The molecule has 7 heteroatoms. The third-order valence-electron chi connectivity index (χ3n) is 6.58. The van der Waals surface area contributed by atoms with Crippen LogP contribution >= 0.6 is 0 Å². The van der Waals surface area contributed by atoms with E-state index < -0.39 is 0 Å². The quantitative estimate of drug-likeness (QED) is 0.782. The van der Waals surface area contributed by atoms with E-state index >= 15 is 0 Å². The van der Waals surface area contributed by atoms with Crippen LogP contribution < -0.4 is 0 Å². The maximum Gasteiger partial charge on any atom is 0.224 e. The number of carbonyl (C=O) groups is 1. The zero-order valence-electron chi connectivity index (χ0n) is 16.1. The summed E-state index contributed by atoms with van der Waals surface area (Å²) in [4.78, 5) is 20.2. The molecule has 0 N–H and O–H groups in total. The van der Waals surface area contributed by atoms with Crippen molar-refractivity contribution in [2.24, 2.45) is 11.8 Å². The van der Waals surface area contributed by atoms with Crippen molar-refractivity contribution >= 4 is 5.91 Å². The largest absolute Gasteiger partial charge is 0.342 e. The van der Waals surface area contributed by atoms with E-state index in [1.807, 2.05) is 4.57 Å². The number of aromatic nitrogens is 3. The Labute approximate surface area is 156 Å². The van der Waals surface area contributed by atoms with Crippen LogP contribution in [0.1, 0.15) is 32.1 Å². The maximum absolute atomic E-state index is 12.9. The molecule has 1 amide bonds. The van der Waals surface area contributed by atoms with E-state index in [1.54, 1.807) is 12.7 Å². The normalized spacial score (nSPS) is 31.9. The second-order valence-electron chi connectivity index (χ2n) is 8.63. The molecule has 0 saturated carbocycles. The molecule has 4 heterocycles. The Bertz CT molecular complexity index is 603. The number of likely N-dealkylation sites (tertiary alicyclic amines) is 1. The summed E-state index contributed by atoms with van der Waals surface area (Å²) in [5, 5.41) is 7.64. The lowest BCUT2D eigenvalue weighted by atomic mass is 9.72. The van der Waals surface area contributed by atoms with Gasteiger partial charge in [0, 0.05) is 44.7 Å². The van der Waals surface area contributed by atoms with Gasteiger partial charge in [-0.1, -0.05) is 6.42 Å². The summed E-state index contributed by atoms with van der Waals surface area (Å²) < 4.78 is 1.89. The molecule has 3 fully saturated rings. The van der Waals surface area contributed by atoms with Gasteiger partial charge in [-0.15, -0.1) is 10.2 Å². The van der Waals surface area contributed by atoms with Crippen LogP contribution in [0.15, 0.2) is 12.7 Å². The van der Waals surface area contributed by atoms with Crippen LogP contribution in [-0.2, 0) is 11.3 Å². The molecular formula is C19H32N6O. The fraction of sp³-hybridized carbons (Fsp3) is 0.842. The topological polar surface area (TPSA) is 57.5 Å². The zero-order chi connectivity index (χ0) is 18.1. The number of rotatable bonds is 5. The molecule has 7 nitrogen and oxygen atoms in total. The SMILES string of the molecule is CN(C)C[C@H]1[C@H]2C[C@H](CN(C(=O)CCn3cnnc3)C2)[C@@H]2CCCCN21. The minimum Gasteiger partial charge on any atom is -0.342 e. The number of likely N-dealkylation sites (N-methyl/N-ethyl adjacent to an activating group) is 1. The number of hydrogen-bond donors (Lipinski definition) is 0. The van der Waals surface area contributed by atoms with Gasteiger partial charge in [-0.3, -0.25) is 9.69 Å². The molecule has 144 valence electrons. The average Bonchev–Trinajstić information content (AvgIpc) is 3.16. The summed E-state index contributed by atoms with van der Waals surface area (Å²) in [6.07, 6.45) is 9.21. The van der Waals surface area contributed by atoms with Gasteiger partial charge in [0.15, 0.2) is 0 Å². The summed E-state index contributed by atoms with van der Waals surface area (Å²) in [6, 6.07) is 1.28. The van der Waals surface area contributed by atoms with Crippen LogP contribution in [0.3, 0.4) is 0 Å². The van der Waals surface area contributed by atoms with Crippen molar-refractivity contribution in [1.29, 1.82) is 0 Å². The highest BCUT2D eigenvalue weighted by Gasteiger charge is 2.47. The second-order valence-corrected chi connectivity index (χ2v) is 8.63. The Morgan fingerprint density at radius 2 is 1.92 bits per heavy atom. The van der Waals surface area contributed by atoms with Crippen molar-refractivity contribution in [3.8, 4) is 0 Å². The van der Waals surface area contributed by atoms with Gasteiger partial charge >= 0.3 is 0 Å². The number of amides is 1. The molecule has 0 radical (unpaired) electrons. The van der Waals surface area contributed by atoms with Crippen molar-refractivity contribution in [3.63, 3.8) is 0 Å². The highest BCUT2D eigenvalue weighted by Crippen LogP contribution is 2.41. The molecule has 4 rings (SSSR count). The highest BCUT2D eigenvalue weighted by molar-refractivity contribution is 5.76. The number of fused-ring (bicyclic) bond motifs is 4. The lowest BCUT2D eigenvalue weighted by Gasteiger charge is -2.57. The Kier molecular flexibility index (Phi) is 5.27. The summed E-state index contributed by atoms with van der Waals surface area (Å²) in [5.74, 6) is 1.57. The number of hydrogen-bond acceptors (Lipinski definition) is 5. The molecule has 4 atom stereocenters. The Hall–Kier alpha value is -1.47. The Balaban J connectivity index is 1.44. The molecule has 3 aliphatic rings. The third kappa shape index (κ3) is 3.64. The molecular weight excluding hydrogens is 328 g/mol. The highest BCUT2D eigenvalue weighted by atomic mass is 16.2. The molecule has 3 saturated heterocycles. The van der Waals surface area contributed by atoms with Gasteiger partial charge in [0.1, 0.15) is 12.7 Å². The van der Waals surface area contributed by atoms with E-state index in [4.69, 9.17) is 0 Å². The first-order valence-corrected chi connectivity index (χ1v) is 10.1. The molecule has 0 spiro atoms. The average molecular weight is 361 g/mol. The molecule has 1 aromatic rings. The molecule has 26 heavy (non-hydrogen) atoms. The van der Waals surface area contributed by atoms with Crippen molar-refractivity contribution in [1.82, 2.24) is 29.5 Å². The van der Waals surface area contributed by atoms with Crippen molar-refractivity contribution in [2.75, 3.05) is 40.3 Å². The second kappa shape index (κ2) is 7.64. The fourth-order valence-corrected chi connectivity index (χ4v) is 5.46. The minimum absolute atomic E-state index is 0.293. The first kappa shape index (κ1) is 17.9. The third-order valence-corrected chi connectivity index (χ3v) is 6.58. The summed E-state index contributed by atoms with van der Waals surface area (Å²) in [6.45, 7) is 4.91. The smallest absolute Gasteiger partial charge is 0.224 e. The molecule has 1 aromatic heterocycles. The van der Waals surface area contributed by atoms with E-state index in [9.17, 15) is 4.79 Å². The predicted molar refractivity (Wildman–Crippen MR) is 99.5 cm³/mol.